The number of hydrogen-bond acceptors (Lipinski definition) is 4. The van der Waals surface area contributed by atoms with Gasteiger partial charge in [0.05, 0.1) is 0 Å². The zero-order valence-electron chi connectivity index (χ0n) is 13.1. The largest absolute Gasteiger partial charge is 0.481 e. The Labute approximate surface area is 141 Å². The van der Waals surface area contributed by atoms with Crippen molar-refractivity contribution in [1.82, 2.24) is 10.3 Å². The average molecular weight is 354 g/mol. The molecule has 1 heterocycles. The van der Waals surface area contributed by atoms with Crippen LogP contribution in [0.25, 0.3) is 10.6 Å². The molecule has 2 aromatic rings. The molecule has 8 heteroatoms. The Bertz CT molecular complexity index is 774. The highest BCUT2D eigenvalue weighted by Gasteiger charge is 2.23. The highest BCUT2D eigenvalue weighted by Crippen LogP contribution is 2.25. The predicted molar refractivity (Wildman–Crippen MR) is 85.9 cm³/mol. The number of amides is 1. The maximum Gasteiger partial charge on any atom is 0.303 e. The van der Waals surface area contributed by atoms with E-state index in [4.69, 9.17) is 5.11 Å². The van der Waals surface area contributed by atoms with E-state index < -0.39 is 29.0 Å². The van der Waals surface area contributed by atoms with Crippen molar-refractivity contribution in [2.45, 2.75) is 32.2 Å². The lowest BCUT2D eigenvalue weighted by Gasteiger charge is -2.25. The zero-order chi connectivity index (χ0) is 17.9. The van der Waals surface area contributed by atoms with Crippen LogP contribution in [0.2, 0.25) is 0 Å². The topological polar surface area (TPSA) is 79.3 Å². The van der Waals surface area contributed by atoms with Gasteiger partial charge in [0.25, 0.3) is 5.91 Å². The van der Waals surface area contributed by atoms with Crippen molar-refractivity contribution < 1.29 is 23.5 Å². The molecule has 0 unspecified atom stereocenters. The third-order valence-corrected chi connectivity index (χ3v) is 4.21. The Morgan fingerprint density at radius 3 is 2.62 bits per heavy atom. The summed E-state index contributed by atoms with van der Waals surface area (Å²) < 4.78 is 26.2. The summed E-state index contributed by atoms with van der Waals surface area (Å²) in [6.45, 7) is 3.44. The fraction of sp³-hybridized carbons (Fsp3) is 0.312. The lowest BCUT2D eigenvalue weighted by molar-refractivity contribution is -0.137. The van der Waals surface area contributed by atoms with E-state index in [9.17, 15) is 18.4 Å². The molecule has 0 aliphatic carbocycles. The Hall–Kier alpha value is -2.35. The van der Waals surface area contributed by atoms with Gasteiger partial charge in [0.15, 0.2) is 11.6 Å². The molecular weight excluding hydrogens is 338 g/mol. The van der Waals surface area contributed by atoms with Crippen LogP contribution in [0.1, 0.15) is 37.2 Å². The summed E-state index contributed by atoms with van der Waals surface area (Å²) in [6.07, 6.45) is 0.207. The first-order valence-corrected chi connectivity index (χ1v) is 8.01. The van der Waals surface area contributed by atoms with E-state index in [1.807, 2.05) is 0 Å². The molecule has 24 heavy (non-hydrogen) atoms. The summed E-state index contributed by atoms with van der Waals surface area (Å²) in [5.41, 5.74) is -0.187. The van der Waals surface area contributed by atoms with Crippen LogP contribution in [0.5, 0.6) is 0 Å². The second kappa shape index (κ2) is 7.04. The summed E-state index contributed by atoms with van der Waals surface area (Å²) in [5, 5.41) is 13.3. The first-order chi connectivity index (χ1) is 11.2. The number of carbonyl (C=O) groups is 2. The lowest BCUT2D eigenvalue weighted by Crippen LogP contribution is -2.43. The SMILES string of the molecule is CC(C)(CCC(=O)O)NC(=O)c1csc(-c2ccc(F)c(F)c2)n1. The molecule has 0 atom stereocenters. The van der Waals surface area contributed by atoms with E-state index in [-0.39, 0.29) is 18.5 Å². The minimum absolute atomic E-state index is 0.0650. The van der Waals surface area contributed by atoms with Crippen molar-refractivity contribution in [2.75, 3.05) is 0 Å². The van der Waals surface area contributed by atoms with Crippen LogP contribution in [0.3, 0.4) is 0 Å². The Balaban J connectivity index is 2.10. The number of nitrogens with one attached hydrogen (secondary N) is 1. The number of rotatable bonds is 6. The van der Waals surface area contributed by atoms with Crippen LogP contribution in [0.15, 0.2) is 23.6 Å². The number of carbonyl (C=O) groups excluding carboxylic acids is 1. The number of thiazole rings is 1. The molecule has 1 aromatic carbocycles. The fourth-order valence-corrected chi connectivity index (χ4v) is 2.79. The Kier molecular flexibility index (Phi) is 5.28. The van der Waals surface area contributed by atoms with Gasteiger partial charge >= 0.3 is 5.97 Å². The summed E-state index contributed by atoms with van der Waals surface area (Å²) in [5.74, 6) is -3.32. The number of halogens is 2. The van der Waals surface area contributed by atoms with E-state index >= 15 is 0 Å². The van der Waals surface area contributed by atoms with Gasteiger partial charge in [-0.1, -0.05) is 0 Å². The summed E-state index contributed by atoms with van der Waals surface area (Å²) >= 11 is 1.13. The van der Waals surface area contributed by atoms with Gasteiger partial charge in [-0.3, -0.25) is 9.59 Å². The van der Waals surface area contributed by atoms with Crippen LogP contribution in [-0.2, 0) is 4.79 Å². The number of nitrogens with zero attached hydrogens (tertiary/aromatic N) is 1. The molecule has 0 saturated heterocycles. The number of aliphatic carboxylic acids is 1. The van der Waals surface area contributed by atoms with E-state index in [1.165, 1.54) is 11.4 Å². The van der Waals surface area contributed by atoms with Gasteiger partial charge in [0.1, 0.15) is 10.7 Å². The first-order valence-electron chi connectivity index (χ1n) is 7.13. The van der Waals surface area contributed by atoms with Gasteiger partial charge in [0, 0.05) is 22.9 Å². The van der Waals surface area contributed by atoms with Crippen molar-refractivity contribution in [2.24, 2.45) is 0 Å². The molecule has 0 bridgehead atoms. The van der Waals surface area contributed by atoms with Gasteiger partial charge in [-0.15, -0.1) is 11.3 Å². The fourth-order valence-electron chi connectivity index (χ4n) is 1.99. The zero-order valence-corrected chi connectivity index (χ0v) is 13.9. The maximum absolute atomic E-state index is 13.3. The van der Waals surface area contributed by atoms with Crippen molar-refractivity contribution in [1.29, 1.82) is 0 Å². The number of carboxylic acids is 1. The molecule has 2 N–H and O–H groups in total. The normalized spacial score (nSPS) is 11.3. The highest BCUT2D eigenvalue weighted by atomic mass is 32.1. The second-order valence-corrected chi connectivity index (χ2v) is 6.76. The highest BCUT2D eigenvalue weighted by molar-refractivity contribution is 7.13. The number of carboxylic acid groups (broad SMARTS) is 1. The van der Waals surface area contributed by atoms with Crippen molar-refractivity contribution >= 4 is 23.2 Å². The van der Waals surface area contributed by atoms with E-state index in [1.54, 1.807) is 13.8 Å². The molecule has 1 amide bonds. The van der Waals surface area contributed by atoms with Crippen LogP contribution in [0, 0.1) is 11.6 Å². The molecule has 0 aliphatic rings. The molecule has 0 saturated carbocycles. The molecule has 5 nitrogen and oxygen atoms in total. The van der Waals surface area contributed by atoms with Crippen molar-refractivity contribution in [3.63, 3.8) is 0 Å². The van der Waals surface area contributed by atoms with E-state index in [2.05, 4.69) is 10.3 Å². The van der Waals surface area contributed by atoms with Crippen molar-refractivity contribution in [3.8, 4) is 10.6 Å². The van der Waals surface area contributed by atoms with Gasteiger partial charge in [-0.2, -0.15) is 0 Å². The number of aromatic nitrogens is 1. The van der Waals surface area contributed by atoms with Crippen LogP contribution < -0.4 is 5.32 Å². The minimum atomic E-state index is -0.983. The molecular formula is C16H16F2N2O3S. The monoisotopic (exact) mass is 354 g/mol. The summed E-state index contributed by atoms with van der Waals surface area (Å²) in [4.78, 5) is 27.0. The quantitative estimate of drug-likeness (QED) is 0.833. The van der Waals surface area contributed by atoms with Crippen molar-refractivity contribution in [3.05, 3.63) is 40.9 Å². The molecule has 0 fully saturated rings. The van der Waals surface area contributed by atoms with Gasteiger partial charge in [-0.25, -0.2) is 13.8 Å². The average Bonchev–Trinajstić information content (AvgIpc) is 2.98. The summed E-state index contributed by atoms with van der Waals surface area (Å²) in [7, 11) is 0. The standard InChI is InChI=1S/C16H16F2N2O3S/c1-16(2,6-5-13(21)22)20-14(23)12-8-24-15(19-12)9-3-4-10(17)11(18)7-9/h3-4,7-8H,5-6H2,1-2H3,(H,20,23)(H,21,22). The Morgan fingerprint density at radius 2 is 2.00 bits per heavy atom. The minimum Gasteiger partial charge on any atom is -0.481 e. The summed E-state index contributed by atoms with van der Waals surface area (Å²) in [6, 6.07) is 3.41. The smallest absolute Gasteiger partial charge is 0.303 e. The molecule has 128 valence electrons. The molecule has 2 rings (SSSR count). The third kappa shape index (κ3) is 4.58. The maximum atomic E-state index is 13.3. The van der Waals surface area contributed by atoms with Crippen LogP contribution in [0.4, 0.5) is 8.78 Å². The van der Waals surface area contributed by atoms with Crippen LogP contribution in [-0.4, -0.2) is 27.5 Å². The predicted octanol–water partition coefficient (Wildman–Crippen LogP) is 3.46. The van der Waals surface area contributed by atoms with E-state index in [0.29, 0.717) is 10.6 Å². The number of hydrogen-bond donors (Lipinski definition) is 2. The first kappa shape index (κ1) is 18.0. The van der Waals surface area contributed by atoms with E-state index in [0.717, 1.165) is 23.5 Å². The molecule has 1 aromatic heterocycles. The number of benzene rings is 1. The Morgan fingerprint density at radius 1 is 1.29 bits per heavy atom. The lowest BCUT2D eigenvalue weighted by atomic mass is 9.98. The van der Waals surface area contributed by atoms with Gasteiger partial charge in [0.2, 0.25) is 0 Å². The molecule has 0 spiro atoms. The van der Waals surface area contributed by atoms with Gasteiger partial charge in [-0.05, 0) is 38.5 Å². The third-order valence-electron chi connectivity index (χ3n) is 3.32. The van der Waals surface area contributed by atoms with Gasteiger partial charge < -0.3 is 10.4 Å². The second-order valence-electron chi connectivity index (χ2n) is 5.90. The molecule has 0 radical (unpaired) electrons. The molecule has 0 aliphatic heterocycles. The van der Waals surface area contributed by atoms with Crippen LogP contribution >= 0.6 is 11.3 Å².